The van der Waals surface area contributed by atoms with Gasteiger partial charge in [0.1, 0.15) is 0 Å². The van der Waals surface area contributed by atoms with Gasteiger partial charge in [0.25, 0.3) is 5.92 Å². The topological polar surface area (TPSA) is 61.4 Å². The summed E-state index contributed by atoms with van der Waals surface area (Å²) in [6, 6.07) is 0.874. The smallest absolute Gasteiger partial charge is 0.262 e. The molecular formula is C11H14F2N2O2S. The number of carbonyl (C=O) groups is 1. The summed E-state index contributed by atoms with van der Waals surface area (Å²) in [7, 11) is 0. The number of thiophene rings is 1. The third-order valence-corrected chi connectivity index (χ3v) is 3.53. The van der Waals surface area contributed by atoms with Gasteiger partial charge in [-0.15, -0.1) is 0 Å². The maximum absolute atomic E-state index is 12.9. The first-order valence-electron chi connectivity index (χ1n) is 5.57. The highest BCUT2D eigenvalue weighted by atomic mass is 32.1. The summed E-state index contributed by atoms with van der Waals surface area (Å²) in [5.74, 6) is -3.32. The lowest BCUT2D eigenvalue weighted by atomic mass is 10.1. The predicted octanol–water partition coefficient (Wildman–Crippen LogP) is 0.895. The zero-order valence-electron chi connectivity index (χ0n) is 9.53. The summed E-state index contributed by atoms with van der Waals surface area (Å²) in [5, 5.41) is 18.3. The van der Waals surface area contributed by atoms with E-state index in [-0.39, 0.29) is 6.54 Å². The lowest BCUT2D eigenvalue weighted by Crippen LogP contribution is -2.41. The second-order valence-corrected chi connectivity index (χ2v) is 5.09. The van der Waals surface area contributed by atoms with E-state index in [9.17, 15) is 18.7 Å². The predicted molar refractivity (Wildman–Crippen MR) is 63.6 cm³/mol. The van der Waals surface area contributed by atoms with Gasteiger partial charge in [0.05, 0.1) is 18.7 Å². The van der Waals surface area contributed by atoms with Crippen LogP contribution in [0.15, 0.2) is 16.8 Å². The molecule has 1 saturated heterocycles. The molecule has 1 aliphatic rings. The van der Waals surface area contributed by atoms with Crippen molar-refractivity contribution < 1.29 is 18.7 Å². The maximum atomic E-state index is 12.9. The Bertz CT molecular complexity index is 411. The molecule has 100 valence electrons. The van der Waals surface area contributed by atoms with E-state index in [0.29, 0.717) is 5.56 Å². The van der Waals surface area contributed by atoms with Crippen LogP contribution in [-0.4, -0.2) is 36.1 Å². The summed E-state index contributed by atoms with van der Waals surface area (Å²) in [4.78, 5) is 11.6. The third-order valence-electron chi connectivity index (χ3n) is 2.82. The molecule has 2 rings (SSSR count). The Labute approximate surface area is 107 Å². The molecule has 1 fully saturated rings. The van der Waals surface area contributed by atoms with Crippen LogP contribution in [-0.2, 0) is 4.79 Å². The number of nitrogens with one attached hydrogen (secondary N) is 2. The van der Waals surface area contributed by atoms with Crippen molar-refractivity contribution in [3.63, 3.8) is 0 Å². The second-order valence-electron chi connectivity index (χ2n) is 4.31. The number of alkyl halides is 2. The molecule has 0 aromatic carbocycles. The van der Waals surface area contributed by atoms with Gasteiger partial charge in [-0.3, -0.25) is 10.1 Å². The Kier molecular flexibility index (Phi) is 3.94. The van der Waals surface area contributed by atoms with E-state index in [4.69, 9.17) is 0 Å². The zero-order valence-corrected chi connectivity index (χ0v) is 10.3. The van der Waals surface area contributed by atoms with Crippen LogP contribution in [0.1, 0.15) is 18.1 Å². The Morgan fingerprint density at radius 3 is 3.06 bits per heavy atom. The average Bonchev–Trinajstić information content (AvgIpc) is 2.94. The summed E-state index contributed by atoms with van der Waals surface area (Å²) < 4.78 is 25.8. The molecule has 2 unspecified atom stereocenters. The van der Waals surface area contributed by atoms with Crippen molar-refractivity contribution >= 4 is 17.2 Å². The molecule has 0 saturated carbocycles. The largest absolute Gasteiger partial charge is 0.387 e. The minimum Gasteiger partial charge on any atom is -0.387 e. The molecule has 18 heavy (non-hydrogen) atoms. The summed E-state index contributed by atoms with van der Waals surface area (Å²) in [6.45, 7) is -0.447. The fourth-order valence-corrected chi connectivity index (χ4v) is 2.51. The summed E-state index contributed by atoms with van der Waals surface area (Å²) in [6.07, 6.45) is -1.30. The van der Waals surface area contributed by atoms with Crippen molar-refractivity contribution in [1.29, 1.82) is 0 Å². The quantitative estimate of drug-likeness (QED) is 0.765. The van der Waals surface area contributed by atoms with Gasteiger partial charge in [-0.25, -0.2) is 8.78 Å². The minimum atomic E-state index is -2.83. The van der Waals surface area contributed by atoms with Crippen molar-refractivity contribution in [2.24, 2.45) is 0 Å². The number of aliphatic hydroxyl groups excluding tert-OH is 1. The SMILES string of the molecule is O=C(NCC(O)c1ccsc1)C1CC(F)(F)CN1. The van der Waals surface area contributed by atoms with Crippen LogP contribution in [0.25, 0.3) is 0 Å². The number of hydrogen-bond acceptors (Lipinski definition) is 4. The molecule has 1 aromatic rings. The van der Waals surface area contributed by atoms with Gasteiger partial charge in [0.2, 0.25) is 5.91 Å². The maximum Gasteiger partial charge on any atom is 0.262 e. The van der Waals surface area contributed by atoms with Crippen molar-refractivity contribution in [2.45, 2.75) is 24.5 Å². The van der Waals surface area contributed by atoms with Crippen molar-refractivity contribution in [3.05, 3.63) is 22.4 Å². The van der Waals surface area contributed by atoms with E-state index in [1.165, 1.54) is 11.3 Å². The zero-order chi connectivity index (χ0) is 13.2. The van der Waals surface area contributed by atoms with Gasteiger partial charge in [-0.1, -0.05) is 0 Å². The first kappa shape index (κ1) is 13.4. The molecule has 1 amide bonds. The number of rotatable bonds is 4. The lowest BCUT2D eigenvalue weighted by Gasteiger charge is -2.14. The highest BCUT2D eigenvalue weighted by Gasteiger charge is 2.42. The number of hydrogen-bond donors (Lipinski definition) is 3. The molecule has 7 heteroatoms. The first-order chi connectivity index (χ1) is 8.48. The molecule has 2 heterocycles. The minimum absolute atomic E-state index is 0.0271. The number of amides is 1. The van der Waals surface area contributed by atoms with Gasteiger partial charge in [0.15, 0.2) is 0 Å². The highest BCUT2D eigenvalue weighted by Crippen LogP contribution is 2.25. The molecule has 3 N–H and O–H groups in total. The fourth-order valence-electron chi connectivity index (χ4n) is 1.80. The second kappa shape index (κ2) is 5.29. The number of halogens is 2. The van der Waals surface area contributed by atoms with E-state index < -0.39 is 36.9 Å². The van der Waals surface area contributed by atoms with Crippen LogP contribution in [0, 0.1) is 0 Å². The third kappa shape index (κ3) is 3.24. The molecule has 2 atom stereocenters. The molecule has 0 radical (unpaired) electrons. The van der Waals surface area contributed by atoms with E-state index in [2.05, 4.69) is 10.6 Å². The Morgan fingerprint density at radius 2 is 2.50 bits per heavy atom. The van der Waals surface area contributed by atoms with E-state index in [0.717, 1.165) is 0 Å². The van der Waals surface area contributed by atoms with E-state index in [1.807, 2.05) is 5.38 Å². The standard InChI is InChI=1S/C11H14F2N2O2S/c12-11(13)3-8(15-6-11)10(17)14-4-9(16)7-1-2-18-5-7/h1-2,5,8-9,15-16H,3-4,6H2,(H,14,17). The Balaban J connectivity index is 1.79. The molecule has 0 aliphatic carbocycles. The van der Waals surface area contributed by atoms with Crippen LogP contribution >= 0.6 is 11.3 Å². The van der Waals surface area contributed by atoms with E-state index >= 15 is 0 Å². The molecule has 4 nitrogen and oxygen atoms in total. The van der Waals surface area contributed by atoms with Gasteiger partial charge >= 0.3 is 0 Å². The van der Waals surface area contributed by atoms with Gasteiger partial charge in [0, 0.05) is 13.0 Å². The fraction of sp³-hybridized carbons (Fsp3) is 0.545. The molecule has 1 aromatic heterocycles. The normalized spacial score (nSPS) is 23.8. The van der Waals surface area contributed by atoms with E-state index in [1.54, 1.807) is 11.4 Å². The average molecular weight is 276 g/mol. The van der Waals surface area contributed by atoms with Gasteiger partial charge < -0.3 is 10.4 Å². The van der Waals surface area contributed by atoms with Crippen LogP contribution in [0.2, 0.25) is 0 Å². The molecule has 0 bridgehead atoms. The van der Waals surface area contributed by atoms with Crippen molar-refractivity contribution in [2.75, 3.05) is 13.1 Å². The molecule has 1 aliphatic heterocycles. The first-order valence-corrected chi connectivity index (χ1v) is 6.51. The summed E-state index contributed by atoms with van der Waals surface area (Å²) >= 11 is 1.44. The van der Waals surface area contributed by atoms with Crippen LogP contribution in [0.5, 0.6) is 0 Å². The Hall–Kier alpha value is -1.05. The number of carbonyl (C=O) groups excluding carboxylic acids is 1. The van der Waals surface area contributed by atoms with Crippen LogP contribution in [0.3, 0.4) is 0 Å². The highest BCUT2D eigenvalue weighted by molar-refractivity contribution is 7.07. The van der Waals surface area contributed by atoms with Crippen LogP contribution < -0.4 is 10.6 Å². The lowest BCUT2D eigenvalue weighted by molar-refractivity contribution is -0.123. The number of aliphatic hydroxyl groups is 1. The molecule has 0 spiro atoms. The molecular weight excluding hydrogens is 262 g/mol. The van der Waals surface area contributed by atoms with Gasteiger partial charge in [-0.2, -0.15) is 11.3 Å². The summed E-state index contributed by atoms with van der Waals surface area (Å²) in [5.41, 5.74) is 0.713. The monoisotopic (exact) mass is 276 g/mol. The van der Waals surface area contributed by atoms with Crippen molar-refractivity contribution in [3.8, 4) is 0 Å². The Morgan fingerprint density at radius 1 is 1.72 bits per heavy atom. The van der Waals surface area contributed by atoms with Crippen LogP contribution in [0.4, 0.5) is 8.78 Å². The van der Waals surface area contributed by atoms with Gasteiger partial charge in [-0.05, 0) is 22.4 Å². The van der Waals surface area contributed by atoms with Crippen molar-refractivity contribution in [1.82, 2.24) is 10.6 Å².